The number of carbonyl (C=O) groups is 2. The quantitative estimate of drug-likeness (QED) is 0.764. The molecule has 5 nitrogen and oxygen atoms in total. The van der Waals surface area contributed by atoms with Crippen LogP contribution in [-0.2, 0) is 12.8 Å². The number of hydrogen-bond acceptors (Lipinski definition) is 3. The molecule has 2 aromatic rings. The van der Waals surface area contributed by atoms with Gasteiger partial charge in [-0.15, -0.1) is 0 Å². The molecule has 1 fully saturated rings. The van der Waals surface area contributed by atoms with Gasteiger partial charge in [0.05, 0.1) is 11.1 Å². The minimum atomic E-state index is -0.930. The first kappa shape index (κ1) is 19.9. The summed E-state index contributed by atoms with van der Waals surface area (Å²) in [5.74, 6) is -0.973. The van der Waals surface area contributed by atoms with Gasteiger partial charge in [0.15, 0.2) is 0 Å². The lowest BCUT2D eigenvalue weighted by molar-refractivity contribution is 0.0696. The van der Waals surface area contributed by atoms with E-state index in [-0.39, 0.29) is 11.5 Å². The lowest BCUT2D eigenvalue weighted by Crippen LogP contribution is -2.33. The van der Waals surface area contributed by atoms with E-state index in [0.29, 0.717) is 13.0 Å². The third-order valence-corrected chi connectivity index (χ3v) is 5.31. The first-order valence-electron chi connectivity index (χ1n) is 10.1. The van der Waals surface area contributed by atoms with Crippen LogP contribution in [-0.4, -0.2) is 36.6 Å². The number of amides is 1. The Balaban J connectivity index is 1.66. The maximum absolute atomic E-state index is 12.9. The molecule has 0 unspecified atom stereocenters. The van der Waals surface area contributed by atoms with Crippen LogP contribution in [0.4, 0.5) is 5.69 Å². The average molecular weight is 380 g/mol. The van der Waals surface area contributed by atoms with Gasteiger partial charge in [-0.05, 0) is 67.5 Å². The number of benzene rings is 2. The Hall–Kier alpha value is -2.82. The Morgan fingerprint density at radius 1 is 1.00 bits per heavy atom. The van der Waals surface area contributed by atoms with E-state index in [1.807, 2.05) is 6.07 Å². The van der Waals surface area contributed by atoms with Crippen molar-refractivity contribution < 1.29 is 14.7 Å². The Kier molecular flexibility index (Phi) is 6.69. The number of nitrogens with zero attached hydrogens (tertiary/aromatic N) is 1. The molecule has 148 valence electrons. The van der Waals surface area contributed by atoms with Crippen molar-refractivity contribution >= 4 is 17.6 Å². The van der Waals surface area contributed by atoms with Gasteiger partial charge < -0.3 is 15.3 Å². The molecule has 2 aromatic carbocycles. The zero-order chi connectivity index (χ0) is 19.9. The van der Waals surface area contributed by atoms with Gasteiger partial charge in [-0.1, -0.05) is 25.1 Å². The van der Waals surface area contributed by atoms with Gasteiger partial charge in [-0.3, -0.25) is 4.79 Å². The molecule has 1 amide bonds. The van der Waals surface area contributed by atoms with Gasteiger partial charge in [0.25, 0.3) is 5.91 Å². The minimum Gasteiger partial charge on any atom is -0.478 e. The van der Waals surface area contributed by atoms with Gasteiger partial charge in [0, 0.05) is 25.3 Å². The number of aromatic carboxylic acids is 1. The highest BCUT2D eigenvalue weighted by atomic mass is 16.4. The summed E-state index contributed by atoms with van der Waals surface area (Å²) in [5, 5.41) is 12.0. The van der Waals surface area contributed by atoms with E-state index in [1.54, 1.807) is 24.3 Å². The molecule has 0 atom stereocenters. The standard InChI is InChI=1S/C23H28N2O3/c1-2-17-8-11-21(25-14-4-3-5-15-25)20(16-17)22(26)24-13-12-18-6-9-19(10-7-18)23(27)28/h6-11,16H,2-5,12-15H2,1H3,(H,24,26)(H,27,28). The molecule has 1 aliphatic rings. The Labute approximate surface area is 166 Å². The smallest absolute Gasteiger partial charge is 0.335 e. The van der Waals surface area contributed by atoms with E-state index in [0.717, 1.165) is 41.9 Å². The van der Waals surface area contributed by atoms with Gasteiger partial charge in [-0.2, -0.15) is 0 Å². The van der Waals surface area contributed by atoms with Crippen LogP contribution in [0.5, 0.6) is 0 Å². The summed E-state index contributed by atoms with van der Waals surface area (Å²) in [6.45, 7) is 4.61. The highest BCUT2D eigenvalue weighted by molar-refractivity contribution is 6.00. The molecule has 1 heterocycles. The summed E-state index contributed by atoms with van der Waals surface area (Å²) in [4.78, 5) is 26.1. The predicted octanol–water partition coefficient (Wildman–Crippen LogP) is 3.91. The Morgan fingerprint density at radius 2 is 1.68 bits per heavy atom. The summed E-state index contributed by atoms with van der Waals surface area (Å²) in [6, 6.07) is 13.0. The van der Waals surface area contributed by atoms with Gasteiger partial charge >= 0.3 is 5.97 Å². The van der Waals surface area contributed by atoms with E-state index < -0.39 is 5.97 Å². The van der Waals surface area contributed by atoms with E-state index in [1.165, 1.54) is 19.3 Å². The SMILES string of the molecule is CCc1ccc(N2CCCCC2)c(C(=O)NCCc2ccc(C(=O)O)cc2)c1. The van der Waals surface area contributed by atoms with Crippen LogP contribution >= 0.6 is 0 Å². The Morgan fingerprint density at radius 3 is 2.32 bits per heavy atom. The fourth-order valence-corrected chi connectivity index (χ4v) is 3.63. The molecule has 0 spiro atoms. The largest absolute Gasteiger partial charge is 0.478 e. The number of carboxylic acids is 1. The van der Waals surface area contributed by atoms with E-state index in [2.05, 4.69) is 29.3 Å². The van der Waals surface area contributed by atoms with Crippen LogP contribution in [0.25, 0.3) is 0 Å². The minimum absolute atomic E-state index is 0.0435. The molecular weight excluding hydrogens is 352 g/mol. The number of piperidine rings is 1. The number of carbonyl (C=O) groups excluding carboxylic acids is 1. The van der Waals surface area contributed by atoms with Crippen molar-refractivity contribution in [3.63, 3.8) is 0 Å². The molecule has 1 saturated heterocycles. The molecule has 0 aliphatic carbocycles. The summed E-state index contributed by atoms with van der Waals surface area (Å²) in [6.07, 6.45) is 5.16. The fraction of sp³-hybridized carbons (Fsp3) is 0.391. The molecular formula is C23H28N2O3. The number of carboxylic acid groups (broad SMARTS) is 1. The van der Waals surface area contributed by atoms with Crippen molar-refractivity contribution in [1.29, 1.82) is 0 Å². The van der Waals surface area contributed by atoms with Gasteiger partial charge in [-0.25, -0.2) is 4.79 Å². The van der Waals surface area contributed by atoms with Crippen LogP contribution in [0.1, 0.15) is 58.0 Å². The normalized spacial score (nSPS) is 14.0. The predicted molar refractivity (Wildman–Crippen MR) is 111 cm³/mol. The average Bonchev–Trinajstić information content (AvgIpc) is 2.74. The van der Waals surface area contributed by atoms with E-state index in [9.17, 15) is 9.59 Å². The van der Waals surface area contributed by atoms with Crippen LogP contribution in [0, 0.1) is 0 Å². The molecule has 0 saturated carbocycles. The number of nitrogens with one attached hydrogen (secondary N) is 1. The van der Waals surface area contributed by atoms with E-state index in [4.69, 9.17) is 5.11 Å². The van der Waals surface area contributed by atoms with Crippen molar-refractivity contribution in [2.24, 2.45) is 0 Å². The summed E-state index contributed by atoms with van der Waals surface area (Å²) < 4.78 is 0. The summed E-state index contributed by atoms with van der Waals surface area (Å²) in [5.41, 5.74) is 4.22. The zero-order valence-electron chi connectivity index (χ0n) is 16.4. The van der Waals surface area contributed by atoms with Crippen molar-refractivity contribution in [3.8, 4) is 0 Å². The van der Waals surface area contributed by atoms with Crippen LogP contribution in [0.15, 0.2) is 42.5 Å². The van der Waals surface area contributed by atoms with Crippen molar-refractivity contribution in [2.75, 3.05) is 24.5 Å². The van der Waals surface area contributed by atoms with Gasteiger partial charge in [0.2, 0.25) is 0 Å². The van der Waals surface area contributed by atoms with Crippen LogP contribution in [0.2, 0.25) is 0 Å². The van der Waals surface area contributed by atoms with Crippen LogP contribution < -0.4 is 10.2 Å². The number of aryl methyl sites for hydroxylation is 1. The molecule has 2 N–H and O–H groups in total. The third-order valence-electron chi connectivity index (χ3n) is 5.31. The lowest BCUT2D eigenvalue weighted by atomic mass is 10.0. The second-order valence-corrected chi connectivity index (χ2v) is 7.26. The number of anilines is 1. The zero-order valence-corrected chi connectivity index (χ0v) is 16.4. The molecule has 0 radical (unpaired) electrons. The highest BCUT2D eigenvalue weighted by Crippen LogP contribution is 2.25. The molecule has 5 heteroatoms. The number of hydrogen-bond donors (Lipinski definition) is 2. The second kappa shape index (κ2) is 9.40. The first-order valence-corrected chi connectivity index (χ1v) is 10.1. The van der Waals surface area contributed by atoms with Crippen molar-refractivity contribution in [3.05, 3.63) is 64.7 Å². The number of rotatable bonds is 7. The second-order valence-electron chi connectivity index (χ2n) is 7.26. The molecule has 0 bridgehead atoms. The summed E-state index contributed by atoms with van der Waals surface area (Å²) in [7, 11) is 0. The molecule has 28 heavy (non-hydrogen) atoms. The monoisotopic (exact) mass is 380 g/mol. The third kappa shape index (κ3) is 4.91. The molecule has 3 rings (SSSR count). The summed E-state index contributed by atoms with van der Waals surface area (Å²) >= 11 is 0. The van der Waals surface area contributed by atoms with Crippen molar-refractivity contribution in [1.82, 2.24) is 5.32 Å². The van der Waals surface area contributed by atoms with E-state index >= 15 is 0 Å². The first-order chi connectivity index (χ1) is 13.6. The molecule has 0 aromatic heterocycles. The topological polar surface area (TPSA) is 69.6 Å². The maximum atomic E-state index is 12.9. The van der Waals surface area contributed by atoms with Crippen molar-refractivity contribution in [2.45, 2.75) is 39.0 Å². The fourth-order valence-electron chi connectivity index (χ4n) is 3.63. The lowest BCUT2D eigenvalue weighted by Gasteiger charge is -2.30. The van der Waals surface area contributed by atoms with Crippen LogP contribution in [0.3, 0.4) is 0 Å². The molecule has 1 aliphatic heterocycles. The van der Waals surface area contributed by atoms with Gasteiger partial charge in [0.1, 0.15) is 0 Å². The highest BCUT2D eigenvalue weighted by Gasteiger charge is 2.19. The maximum Gasteiger partial charge on any atom is 0.335 e. The Bertz CT molecular complexity index is 824.